The molecule has 4 aromatic rings. The number of rotatable bonds is 9. The molecule has 0 atom stereocenters. The lowest BCUT2D eigenvalue weighted by atomic mass is 10.2. The summed E-state index contributed by atoms with van der Waals surface area (Å²) < 4.78 is 29.9. The summed E-state index contributed by atoms with van der Waals surface area (Å²) in [6, 6.07) is 24.6. The van der Waals surface area contributed by atoms with Crippen molar-refractivity contribution in [1.82, 2.24) is 9.99 Å². The first-order valence-electron chi connectivity index (χ1n) is 11.6. The molecule has 194 valence electrons. The van der Waals surface area contributed by atoms with Gasteiger partial charge in [-0.1, -0.05) is 48.5 Å². The number of hydrazone groups is 1. The third kappa shape index (κ3) is 5.47. The third-order valence-electron chi connectivity index (χ3n) is 5.84. The molecule has 0 bridgehead atoms. The first-order valence-corrected chi connectivity index (χ1v) is 13.0. The third-order valence-corrected chi connectivity index (χ3v) is 7.66. The van der Waals surface area contributed by atoms with Gasteiger partial charge in [-0.3, -0.25) is 19.2 Å². The minimum absolute atomic E-state index is 0.177. The number of hydrogen-bond donors (Lipinski definition) is 1. The van der Waals surface area contributed by atoms with Gasteiger partial charge in [-0.2, -0.15) is 5.10 Å². The Morgan fingerprint density at radius 2 is 1.61 bits per heavy atom. The number of aryl methyl sites for hydroxylation is 1. The lowest BCUT2D eigenvalue weighted by Gasteiger charge is -2.23. The second-order valence-electron chi connectivity index (χ2n) is 8.36. The van der Waals surface area contributed by atoms with E-state index in [4.69, 9.17) is 0 Å². The Kier molecular flexibility index (Phi) is 7.68. The van der Waals surface area contributed by atoms with E-state index in [2.05, 4.69) is 15.1 Å². The number of hydrogen-bond acceptors (Lipinski definition) is 6. The topological polar surface area (TPSA) is 127 Å². The molecule has 4 rings (SSSR count). The van der Waals surface area contributed by atoms with Gasteiger partial charge in [0, 0.05) is 28.7 Å². The average Bonchev–Trinajstić information content (AvgIpc) is 3.20. The molecule has 10 nitrogen and oxygen atoms in total. The number of carbonyl (C=O) groups excluding carboxylic acids is 1. The Morgan fingerprint density at radius 3 is 2.26 bits per heavy atom. The van der Waals surface area contributed by atoms with Crippen LogP contribution in [0, 0.1) is 24.0 Å². The molecule has 0 saturated heterocycles. The molecule has 0 fully saturated rings. The van der Waals surface area contributed by atoms with E-state index < -0.39 is 38.0 Å². The molecule has 0 aliphatic carbocycles. The van der Waals surface area contributed by atoms with Gasteiger partial charge in [-0.05, 0) is 50.2 Å². The first-order chi connectivity index (χ1) is 18.2. The van der Waals surface area contributed by atoms with E-state index in [1.165, 1.54) is 30.5 Å². The van der Waals surface area contributed by atoms with Crippen LogP contribution in [0.1, 0.15) is 17.0 Å². The lowest BCUT2D eigenvalue weighted by molar-refractivity contribution is -0.387. The van der Waals surface area contributed by atoms with E-state index in [9.17, 15) is 23.3 Å². The normalized spacial score (nSPS) is 11.4. The molecular weight excluding hydrogens is 506 g/mol. The Bertz CT molecular complexity index is 1600. The van der Waals surface area contributed by atoms with Gasteiger partial charge in [0.25, 0.3) is 21.6 Å². The molecule has 1 heterocycles. The molecule has 11 heteroatoms. The molecule has 1 aromatic heterocycles. The SMILES string of the molecule is Cc1cc(/C=N/NC(=O)CN(c2ccccc2)S(=O)(=O)c2ccccc2[N+](=O)[O-])c(C)n1-c1ccccc1. The highest BCUT2D eigenvalue weighted by molar-refractivity contribution is 7.93. The van der Waals surface area contributed by atoms with Crippen molar-refractivity contribution in [3.63, 3.8) is 0 Å². The molecule has 3 aromatic carbocycles. The van der Waals surface area contributed by atoms with Crippen LogP contribution in [-0.4, -0.2) is 36.6 Å². The van der Waals surface area contributed by atoms with E-state index in [1.54, 1.807) is 18.2 Å². The van der Waals surface area contributed by atoms with Crippen molar-refractivity contribution in [2.45, 2.75) is 18.7 Å². The van der Waals surface area contributed by atoms with E-state index in [0.29, 0.717) is 0 Å². The average molecular weight is 532 g/mol. The van der Waals surface area contributed by atoms with Crippen molar-refractivity contribution in [1.29, 1.82) is 0 Å². The first kappa shape index (κ1) is 26.3. The second-order valence-corrected chi connectivity index (χ2v) is 10.2. The number of amides is 1. The lowest BCUT2D eigenvalue weighted by Crippen LogP contribution is -2.39. The fourth-order valence-corrected chi connectivity index (χ4v) is 5.67. The van der Waals surface area contributed by atoms with Crippen molar-refractivity contribution in [2.75, 3.05) is 10.8 Å². The molecule has 0 aliphatic rings. The number of benzene rings is 3. The number of carbonyl (C=O) groups is 1. The van der Waals surface area contributed by atoms with Crippen molar-refractivity contribution >= 4 is 33.5 Å². The molecule has 38 heavy (non-hydrogen) atoms. The second kappa shape index (κ2) is 11.1. The molecule has 1 N–H and O–H groups in total. The van der Waals surface area contributed by atoms with Gasteiger partial charge < -0.3 is 4.57 Å². The van der Waals surface area contributed by atoms with Crippen LogP contribution in [0.3, 0.4) is 0 Å². The molecule has 0 spiro atoms. The van der Waals surface area contributed by atoms with Crippen molar-refractivity contribution < 1.29 is 18.1 Å². The standard InChI is InChI=1S/C27H25N5O5S/c1-20-17-22(21(2)31(20)24-13-7-4-8-14-24)18-28-29-27(33)19-30(23-11-5-3-6-12-23)38(36,37)26-16-10-9-15-25(26)32(34)35/h3-18H,19H2,1-2H3,(H,29,33)/b28-18+. The Hall–Kier alpha value is -4.77. The van der Waals surface area contributed by atoms with Gasteiger partial charge in [0.15, 0.2) is 4.90 Å². The van der Waals surface area contributed by atoms with Gasteiger partial charge in [0.1, 0.15) is 6.54 Å². The highest BCUT2D eigenvalue weighted by Gasteiger charge is 2.33. The summed E-state index contributed by atoms with van der Waals surface area (Å²) in [6.07, 6.45) is 1.49. The van der Waals surface area contributed by atoms with Crippen LogP contribution in [0.2, 0.25) is 0 Å². The fraction of sp³-hybridized carbons (Fsp3) is 0.111. The van der Waals surface area contributed by atoms with Gasteiger partial charge in [-0.25, -0.2) is 13.8 Å². The highest BCUT2D eigenvalue weighted by Crippen LogP contribution is 2.29. The Balaban J connectivity index is 1.58. The maximum Gasteiger partial charge on any atom is 0.289 e. The number of nitrogens with one attached hydrogen (secondary N) is 1. The van der Waals surface area contributed by atoms with Crippen LogP contribution >= 0.6 is 0 Å². The molecule has 0 saturated carbocycles. The number of para-hydroxylation sites is 3. The maximum atomic E-state index is 13.5. The van der Waals surface area contributed by atoms with E-state index in [1.807, 2.05) is 50.2 Å². The molecule has 0 radical (unpaired) electrons. The number of nitrogens with zero attached hydrogens (tertiary/aromatic N) is 4. The molecule has 1 amide bonds. The number of anilines is 1. The minimum Gasteiger partial charge on any atom is -0.318 e. The summed E-state index contributed by atoms with van der Waals surface area (Å²) in [6.45, 7) is 3.25. The fourth-order valence-electron chi connectivity index (χ4n) is 4.09. The number of aromatic nitrogens is 1. The minimum atomic E-state index is -4.47. The van der Waals surface area contributed by atoms with E-state index in [-0.39, 0.29) is 5.69 Å². The van der Waals surface area contributed by atoms with Crippen LogP contribution in [0.25, 0.3) is 5.69 Å². The van der Waals surface area contributed by atoms with Gasteiger partial charge in [0.2, 0.25) is 0 Å². The summed E-state index contributed by atoms with van der Waals surface area (Å²) in [4.78, 5) is 23.0. The van der Waals surface area contributed by atoms with Crippen LogP contribution in [0.15, 0.2) is 101 Å². The number of sulfonamides is 1. The molecule has 0 aliphatic heterocycles. The van der Waals surface area contributed by atoms with Gasteiger partial charge in [-0.15, -0.1) is 0 Å². The molecule has 0 unspecified atom stereocenters. The Labute approximate surface area is 220 Å². The largest absolute Gasteiger partial charge is 0.318 e. The van der Waals surface area contributed by atoms with E-state index >= 15 is 0 Å². The summed E-state index contributed by atoms with van der Waals surface area (Å²) in [5.74, 6) is -0.718. The van der Waals surface area contributed by atoms with Crippen LogP contribution in [0.5, 0.6) is 0 Å². The molecular formula is C27H25N5O5S. The van der Waals surface area contributed by atoms with Crippen LogP contribution in [-0.2, 0) is 14.8 Å². The number of nitro groups is 1. The zero-order valence-electron chi connectivity index (χ0n) is 20.7. The van der Waals surface area contributed by atoms with E-state index in [0.717, 1.165) is 39.1 Å². The zero-order chi connectivity index (χ0) is 27.3. The maximum absolute atomic E-state index is 13.5. The van der Waals surface area contributed by atoms with Gasteiger partial charge in [0.05, 0.1) is 16.8 Å². The quantitative estimate of drug-likeness (QED) is 0.195. The van der Waals surface area contributed by atoms with Crippen LogP contribution in [0.4, 0.5) is 11.4 Å². The number of nitro benzene ring substituents is 1. The van der Waals surface area contributed by atoms with Crippen molar-refractivity contribution in [3.8, 4) is 5.69 Å². The van der Waals surface area contributed by atoms with Gasteiger partial charge >= 0.3 is 0 Å². The summed E-state index contributed by atoms with van der Waals surface area (Å²) in [5, 5.41) is 15.5. The van der Waals surface area contributed by atoms with Crippen LogP contribution < -0.4 is 9.73 Å². The predicted molar refractivity (Wildman–Crippen MR) is 145 cm³/mol. The summed E-state index contributed by atoms with van der Waals surface area (Å²) >= 11 is 0. The summed E-state index contributed by atoms with van der Waals surface area (Å²) in [7, 11) is -4.47. The zero-order valence-corrected chi connectivity index (χ0v) is 21.5. The monoisotopic (exact) mass is 531 g/mol. The van der Waals surface area contributed by atoms with Crippen molar-refractivity contribution in [3.05, 3.63) is 118 Å². The predicted octanol–water partition coefficient (Wildman–Crippen LogP) is 4.35. The van der Waals surface area contributed by atoms with Crippen molar-refractivity contribution in [2.24, 2.45) is 5.10 Å². The smallest absolute Gasteiger partial charge is 0.289 e. The summed E-state index contributed by atoms with van der Waals surface area (Å²) in [5.41, 5.74) is 5.62. The highest BCUT2D eigenvalue weighted by atomic mass is 32.2. The Morgan fingerprint density at radius 1 is 1.00 bits per heavy atom.